The van der Waals surface area contributed by atoms with Crippen LogP contribution in [0.4, 0.5) is 4.79 Å². The predicted octanol–water partition coefficient (Wildman–Crippen LogP) is 8.57. The Kier molecular flexibility index (Phi) is 24.1. The van der Waals surface area contributed by atoms with Crippen molar-refractivity contribution < 1.29 is 28.9 Å². The van der Waals surface area contributed by atoms with Crippen LogP contribution in [0.2, 0.25) is 0 Å². The highest BCUT2D eigenvalue weighted by molar-refractivity contribution is 7.60. The number of hydrogen-bond acceptors (Lipinski definition) is 9. The van der Waals surface area contributed by atoms with E-state index in [1.54, 1.807) is 0 Å². The van der Waals surface area contributed by atoms with Gasteiger partial charge in [0, 0.05) is 13.1 Å². The number of nitrogens with one attached hydrogen (secondary N) is 3. The maximum absolute atomic E-state index is 13.8. The molecule has 4 heterocycles. The van der Waals surface area contributed by atoms with Crippen LogP contribution in [0.5, 0.6) is 0 Å². The minimum Gasteiger partial charge on any atom is -0.453 e. The molecule has 0 saturated carbocycles. The number of methoxy groups -OCH3 is 1. The first-order valence-electron chi connectivity index (χ1n) is 20.4. The van der Waals surface area contributed by atoms with Gasteiger partial charge in [0.2, 0.25) is 18.2 Å². The number of likely N-dealkylation sites (tertiary alicyclic amines) is 2. The van der Waals surface area contributed by atoms with E-state index in [-0.39, 0.29) is 117 Å². The van der Waals surface area contributed by atoms with E-state index >= 15 is 0 Å². The molecule has 0 radical (unpaired) electrons. The largest absolute Gasteiger partial charge is 0.453 e. The summed E-state index contributed by atoms with van der Waals surface area (Å²) >= 11 is 0. The maximum Gasteiger partial charge on any atom is 0.407 e. The van der Waals surface area contributed by atoms with Gasteiger partial charge in [-0.3, -0.25) is 9.59 Å². The summed E-state index contributed by atoms with van der Waals surface area (Å²) in [6.07, 6.45) is 5.49. The smallest absolute Gasteiger partial charge is 0.407 e. The number of hydrogen-bond donors (Lipinski definition) is 3. The molecule has 2 fully saturated rings. The second-order valence-corrected chi connectivity index (χ2v) is 15.5. The fraction of sp³-hybridized carbons (Fsp3) is 0.455. The zero-order valence-electron chi connectivity index (χ0n) is 37.2. The Morgan fingerprint density at radius 1 is 0.719 bits per heavy atom. The number of aliphatic imine (C=N–C) groups is 1. The number of imidazole rings is 2. The zero-order chi connectivity index (χ0) is 40.9. The second-order valence-electron chi connectivity index (χ2n) is 15.5. The Labute approximate surface area is 417 Å². The normalized spacial score (nSPS) is 17.3. The second kappa shape index (κ2) is 26.5. The first-order valence-corrected chi connectivity index (χ1v) is 20.4. The summed E-state index contributed by atoms with van der Waals surface area (Å²) in [5.74, 6) is 1.36. The van der Waals surface area contributed by atoms with E-state index in [1.165, 1.54) is 20.6 Å². The Balaban J connectivity index is 0.00000341. The molecule has 2 saturated heterocycles. The quantitative estimate of drug-likeness (QED) is 0.0431. The summed E-state index contributed by atoms with van der Waals surface area (Å²) in [4.78, 5) is 74.2. The number of benzene rings is 3. The van der Waals surface area contributed by atoms with Crippen LogP contribution in [0.25, 0.3) is 44.3 Å². The van der Waals surface area contributed by atoms with Crippen molar-refractivity contribution in [3.05, 3.63) is 72.3 Å². The Bertz CT molecular complexity index is 2300. The van der Waals surface area contributed by atoms with Gasteiger partial charge < -0.3 is 34.7 Å². The average Bonchev–Trinajstić information content (AvgIpc) is 4.08. The Hall–Kier alpha value is -3.66. The van der Waals surface area contributed by atoms with Crippen molar-refractivity contribution in [2.45, 2.75) is 90.4 Å². The molecule has 0 aliphatic carbocycles. The topological polar surface area (TPSA) is 167 Å². The van der Waals surface area contributed by atoms with Crippen LogP contribution in [-0.2, 0) is 24.1 Å². The number of H-pyrrole nitrogens is 2. The molecule has 64 heavy (non-hydrogen) atoms. The summed E-state index contributed by atoms with van der Waals surface area (Å²) in [6.45, 7) is 9.29. The SMILES string of the molecule is CC[C@H](C)[C@H](N=COOC)C(=O)N1CCC[C@H]1c1nc2ccc(-c3ccc(-c4ccc5nc([C@@H]6CCCN6C(=O)[C@@H](NC(=O)OC)[C@@H](C)CC)[nH]c5c4)cc3)cc2[nH]1.S.S.S.S.S.S. The Morgan fingerprint density at radius 3 is 1.61 bits per heavy atom. The molecule has 3 amide bonds. The van der Waals surface area contributed by atoms with E-state index in [9.17, 15) is 14.4 Å². The van der Waals surface area contributed by atoms with Gasteiger partial charge in [-0.15, -0.1) is 0 Å². The van der Waals surface area contributed by atoms with E-state index in [2.05, 4.69) is 80.6 Å². The first-order chi connectivity index (χ1) is 28.1. The molecule has 0 bridgehead atoms. The lowest BCUT2D eigenvalue weighted by atomic mass is 9.97. The van der Waals surface area contributed by atoms with E-state index < -0.39 is 18.2 Å². The van der Waals surface area contributed by atoms with E-state index in [1.807, 2.05) is 42.7 Å². The summed E-state index contributed by atoms with van der Waals surface area (Å²) in [6, 6.07) is 19.3. The summed E-state index contributed by atoms with van der Waals surface area (Å²) in [5.41, 5.74) is 7.73. The minimum absolute atomic E-state index is 0. The zero-order valence-corrected chi connectivity index (χ0v) is 43.2. The number of aromatic nitrogens is 4. The van der Waals surface area contributed by atoms with Crippen molar-refractivity contribution in [2.24, 2.45) is 16.8 Å². The number of rotatable bonds is 14. The number of carbonyl (C=O) groups excluding carboxylic acids is 3. The summed E-state index contributed by atoms with van der Waals surface area (Å²) in [7, 11) is 2.71. The number of alkyl carbamates (subject to hydrolysis) is 1. The fourth-order valence-electron chi connectivity index (χ4n) is 8.25. The van der Waals surface area contributed by atoms with Crippen molar-refractivity contribution in [2.75, 3.05) is 27.3 Å². The lowest BCUT2D eigenvalue weighted by molar-refractivity contribution is -0.188. The van der Waals surface area contributed by atoms with Gasteiger partial charge >= 0.3 is 6.09 Å². The number of carbonyl (C=O) groups is 3. The molecular formula is C44H66N8O6S6. The molecule has 20 heteroatoms. The highest BCUT2D eigenvalue weighted by Gasteiger charge is 2.39. The van der Waals surface area contributed by atoms with Crippen molar-refractivity contribution in [1.82, 2.24) is 35.1 Å². The van der Waals surface area contributed by atoms with Crippen LogP contribution in [0.15, 0.2) is 65.7 Å². The van der Waals surface area contributed by atoms with Crippen LogP contribution >= 0.6 is 81.0 Å². The lowest BCUT2D eigenvalue weighted by Crippen LogP contribution is -2.51. The number of fused-ring (bicyclic) bond motifs is 2. The molecule has 7 rings (SSSR count). The highest BCUT2D eigenvalue weighted by atomic mass is 32.1. The van der Waals surface area contributed by atoms with Crippen LogP contribution < -0.4 is 5.32 Å². The molecule has 354 valence electrons. The molecule has 2 aromatic heterocycles. The van der Waals surface area contributed by atoms with Gasteiger partial charge in [-0.1, -0.05) is 76.9 Å². The van der Waals surface area contributed by atoms with Crippen molar-refractivity contribution in [3.63, 3.8) is 0 Å². The molecule has 2 aliphatic rings. The van der Waals surface area contributed by atoms with Crippen LogP contribution in [-0.4, -0.2) is 93.4 Å². The summed E-state index contributed by atoms with van der Waals surface area (Å²) in [5, 5.41) is 2.76. The van der Waals surface area contributed by atoms with Gasteiger partial charge in [-0.2, -0.15) is 85.9 Å². The van der Waals surface area contributed by atoms with Crippen molar-refractivity contribution >= 4 is 127 Å². The minimum atomic E-state index is -0.674. The molecule has 5 aromatic rings. The highest BCUT2D eigenvalue weighted by Crippen LogP contribution is 2.36. The first kappa shape index (κ1) is 58.4. The van der Waals surface area contributed by atoms with Crippen LogP contribution in [0.1, 0.15) is 90.0 Å². The molecule has 6 atom stereocenters. The third kappa shape index (κ3) is 12.6. The maximum atomic E-state index is 13.8. The number of aromatic amines is 2. The van der Waals surface area contributed by atoms with Crippen LogP contribution in [0, 0.1) is 11.8 Å². The van der Waals surface area contributed by atoms with Crippen LogP contribution in [0.3, 0.4) is 0 Å². The van der Waals surface area contributed by atoms with Gasteiger partial charge in [0.15, 0.2) is 0 Å². The van der Waals surface area contributed by atoms with Gasteiger partial charge in [0.25, 0.3) is 0 Å². The molecular weight excluding hydrogens is 929 g/mol. The average molecular weight is 995 g/mol. The van der Waals surface area contributed by atoms with E-state index in [4.69, 9.17) is 19.6 Å². The standard InChI is InChI=1S/C44H54N8O6.6H2S/c1-7-26(3)38(45-25-58-57-6)42(53)51-21-9-11-36(51)40-46-32-19-17-30(23-34(32)48-40)28-13-15-29(16-14-28)31-18-20-33-35(24-31)49-41(47-33)37-12-10-22-52(37)43(54)39(27(4)8-2)50-44(55)56-5;;;;;;/h13-20,23-27,36-39H,7-12,21-22H2,1-6H3,(H,46,48)(H,47,49)(H,50,55);6*1H2/t26-,27-,36-,37-,38-,39-;;;;;;/m0....../s1. The third-order valence-corrected chi connectivity index (χ3v) is 12.0. The van der Waals surface area contributed by atoms with E-state index in [0.29, 0.717) is 13.1 Å². The monoisotopic (exact) mass is 994 g/mol. The predicted molar refractivity (Wildman–Crippen MR) is 285 cm³/mol. The van der Waals surface area contributed by atoms with E-state index in [0.717, 1.165) is 94.5 Å². The van der Waals surface area contributed by atoms with Gasteiger partial charge in [0.1, 0.15) is 23.7 Å². The molecule has 3 aromatic carbocycles. The van der Waals surface area contributed by atoms with Gasteiger partial charge in [-0.25, -0.2) is 19.8 Å². The Morgan fingerprint density at radius 2 is 1.17 bits per heavy atom. The summed E-state index contributed by atoms with van der Waals surface area (Å²) < 4.78 is 4.82. The lowest BCUT2D eigenvalue weighted by Gasteiger charge is -2.30. The molecule has 0 unspecified atom stereocenters. The molecule has 14 nitrogen and oxygen atoms in total. The fourth-order valence-corrected chi connectivity index (χ4v) is 8.25. The van der Waals surface area contributed by atoms with Crippen molar-refractivity contribution in [1.29, 1.82) is 0 Å². The molecule has 2 aliphatic heterocycles. The molecule has 0 spiro atoms. The number of nitrogens with zero attached hydrogens (tertiary/aromatic N) is 5. The molecule has 3 N–H and O–H groups in total. The number of ether oxygens (including phenoxy) is 1. The van der Waals surface area contributed by atoms with Gasteiger partial charge in [0.05, 0.1) is 48.4 Å². The third-order valence-electron chi connectivity index (χ3n) is 12.0. The van der Waals surface area contributed by atoms with Crippen molar-refractivity contribution in [3.8, 4) is 22.3 Å². The number of amides is 3. The van der Waals surface area contributed by atoms with Gasteiger partial charge in [-0.05, 0) is 84.0 Å².